The summed E-state index contributed by atoms with van der Waals surface area (Å²) in [6.07, 6.45) is 1.21. The summed E-state index contributed by atoms with van der Waals surface area (Å²) in [4.78, 5) is 20.9. The third kappa shape index (κ3) is 4.16. The number of allylic oxidation sites excluding steroid dienone is 1. The van der Waals surface area contributed by atoms with Crippen LogP contribution in [0.3, 0.4) is 0 Å². The maximum Gasteiger partial charge on any atom is 0.338 e. The van der Waals surface area contributed by atoms with Crippen LogP contribution in [-0.4, -0.2) is 24.1 Å². The number of hydrogen-bond acceptors (Lipinski definition) is 5. The first-order valence-electron chi connectivity index (χ1n) is 7.91. The second kappa shape index (κ2) is 8.71. The molecule has 1 atom stereocenters. The molecule has 1 unspecified atom stereocenters. The largest absolute Gasteiger partial charge is 0.463 e. The van der Waals surface area contributed by atoms with Crippen LogP contribution in [0.5, 0.6) is 0 Å². The molecule has 0 bridgehead atoms. The van der Waals surface area contributed by atoms with Gasteiger partial charge in [-0.2, -0.15) is 0 Å². The molecule has 7 heteroatoms. The van der Waals surface area contributed by atoms with Crippen LogP contribution >= 0.6 is 15.9 Å². The fourth-order valence-electron chi connectivity index (χ4n) is 2.54. The van der Waals surface area contributed by atoms with E-state index in [9.17, 15) is 9.18 Å². The van der Waals surface area contributed by atoms with E-state index in [1.54, 1.807) is 13.8 Å². The highest BCUT2D eigenvalue weighted by Gasteiger charge is 2.32. The Balaban J connectivity index is 2.63. The van der Waals surface area contributed by atoms with Gasteiger partial charge in [0.05, 0.1) is 12.2 Å². The lowest BCUT2D eigenvalue weighted by Gasteiger charge is -2.26. The summed E-state index contributed by atoms with van der Waals surface area (Å²) >= 11 is 3.48. The van der Waals surface area contributed by atoms with Gasteiger partial charge in [0.25, 0.3) is 0 Å². The molecule has 0 radical (unpaired) electrons. The normalized spacial score (nSPS) is 17.3. The van der Waals surface area contributed by atoms with Gasteiger partial charge in [0.2, 0.25) is 0 Å². The third-order valence-electron chi connectivity index (χ3n) is 3.64. The van der Waals surface area contributed by atoms with Crippen molar-refractivity contribution in [3.63, 3.8) is 0 Å². The lowest BCUT2D eigenvalue weighted by Crippen LogP contribution is -2.37. The monoisotopic (exact) mass is 419 g/mol. The van der Waals surface area contributed by atoms with Gasteiger partial charge < -0.3 is 10.1 Å². The molecule has 136 valence electrons. The van der Waals surface area contributed by atoms with Gasteiger partial charge in [-0.1, -0.05) is 47.3 Å². The van der Waals surface area contributed by atoms with E-state index >= 15 is 0 Å². The molecule has 1 aromatic carbocycles. The quantitative estimate of drug-likeness (QED) is 0.548. The molecule has 1 aromatic rings. The first-order chi connectivity index (χ1) is 12.4. The van der Waals surface area contributed by atoms with Gasteiger partial charge in [-0.25, -0.2) is 9.18 Å². The number of nitrogens with one attached hydrogen (secondary N) is 1. The van der Waals surface area contributed by atoms with Gasteiger partial charge in [-0.15, -0.1) is 0 Å². The fraction of sp³-hybridized carbons (Fsp3) is 0.211. The summed E-state index contributed by atoms with van der Waals surface area (Å²) in [7, 11) is 0. The first-order valence-corrected chi connectivity index (χ1v) is 8.71. The molecule has 1 heterocycles. The molecule has 1 N–H and O–H groups in total. The zero-order chi connectivity index (χ0) is 19.3. The van der Waals surface area contributed by atoms with Crippen molar-refractivity contribution in [1.82, 2.24) is 5.32 Å². The van der Waals surface area contributed by atoms with Crippen LogP contribution in [0.4, 0.5) is 4.39 Å². The SMILES string of the molecule is C=CN=C(C(=C)F)C1=NC(c2ccccc2Br)C(C(=O)OCC)=C(C)N1. The van der Waals surface area contributed by atoms with Crippen LogP contribution in [-0.2, 0) is 9.53 Å². The van der Waals surface area contributed by atoms with Crippen LogP contribution in [0.1, 0.15) is 25.5 Å². The molecule has 1 aliphatic rings. The zero-order valence-corrected chi connectivity index (χ0v) is 16.1. The second-order valence-corrected chi connectivity index (χ2v) is 6.21. The Morgan fingerprint density at radius 3 is 2.77 bits per heavy atom. The van der Waals surface area contributed by atoms with Gasteiger partial charge in [-0.3, -0.25) is 9.98 Å². The molecule has 0 spiro atoms. The number of benzene rings is 1. The van der Waals surface area contributed by atoms with Crippen molar-refractivity contribution in [3.8, 4) is 0 Å². The van der Waals surface area contributed by atoms with Gasteiger partial charge in [0, 0.05) is 16.4 Å². The van der Waals surface area contributed by atoms with Crippen LogP contribution in [0.2, 0.25) is 0 Å². The molecule has 0 saturated heterocycles. The molecule has 0 fully saturated rings. The minimum atomic E-state index is -0.755. The molecule has 5 nitrogen and oxygen atoms in total. The standard InChI is InChI=1S/C19H19BrFN3O2/c1-5-22-16(11(3)21)18-23-12(4)15(19(25)26-6-2)17(24-18)13-9-7-8-10-14(13)20/h5,7-10,17H,1,3,6H2,2,4H3,(H,23,24). The summed E-state index contributed by atoms with van der Waals surface area (Å²) in [6, 6.07) is 6.69. The van der Waals surface area contributed by atoms with E-state index in [1.807, 2.05) is 24.3 Å². The van der Waals surface area contributed by atoms with Crippen molar-refractivity contribution in [2.24, 2.45) is 9.98 Å². The van der Waals surface area contributed by atoms with E-state index in [0.717, 1.165) is 10.0 Å². The molecular formula is C19H19BrFN3O2. The Hall–Kier alpha value is -2.54. The number of aliphatic imine (C=N–C) groups is 2. The molecule has 0 aromatic heterocycles. The summed E-state index contributed by atoms with van der Waals surface area (Å²) < 4.78 is 19.8. The topological polar surface area (TPSA) is 63.0 Å². The highest BCUT2D eigenvalue weighted by molar-refractivity contribution is 9.10. The smallest absolute Gasteiger partial charge is 0.338 e. The van der Waals surface area contributed by atoms with Crippen molar-refractivity contribution < 1.29 is 13.9 Å². The first kappa shape index (κ1) is 19.8. The van der Waals surface area contributed by atoms with Gasteiger partial charge in [-0.05, 0) is 25.5 Å². The van der Waals surface area contributed by atoms with Crippen molar-refractivity contribution in [3.05, 3.63) is 70.8 Å². The van der Waals surface area contributed by atoms with Crippen LogP contribution in [0.25, 0.3) is 0 Å². The van der Waals surface area contributed by atoms with Crippen LogP contribution in [0, 0.1) is 0 Å². The summed E-state index contributed by atoms with van der Waals surface area (Å²) in [5, 5.41) is 2.93. The zero-order valence-electron chi connectivity index (χ0n) is 14.6. The molecule has 1 aliphatic heterocycles. The molecule has 0 amide bonds. The number of rotatable bonds is 6. The Labute approximate surface area is 160 Å². The second-order valence-electron chi connectivity index (χ2n) is 5.35. The maximum absolute atomic E-state index is 13.8. The van der Waals surface area contributed by atoms with E-state index in [-0.39, 0.29) is 18.2 Å². The predicted molar refractivity (Wildman–Crippen MR) is 105 cm³/mol. The van der Waals surface area contributed by atoms with E-state index < -0.39 is 17.8 Å². The summed E-state index contributed by atoms with van der Waals surface area (Å²) in [6.45, 7) is 10.4. The van der Waals surface area contributed by atoms with E-state index in [1.165, 1.54) is 6.20 Å². The Morgan fingerprint density at radius 1 is 1.50 bits per heavy atom. The third-order valence-corrected chi connectivity index (χ3v) is 4.36. The lowest BCUT2D eigenvalue weighted by atomic mass is 9.95. The van der Waals surface area contributed by atoms with E-state index in [4.69, 9.17) is 4.74 Å². The van der Waals surface area contributed by atoms with E-state index in [2.05, 4.69) is 44.4 Å². The van der Waals surface area contributed by atoms with Crippen molar-refractivity contribution in [2.75, 3.05) is 6.61 Å². The Kier molecular flexibility index (Phi) is 6.63. The number of halogens is 2. The number of esters is 1. The number of carbonyl (C=O) groups excluding carboxylic acids is 1. The number of nitrogens with zero attached hydrogens (tertiary/aromatic N) is 2. The van der Waals surface area contributed by atoms with Gasteiger partial charge >= 0.3 is 5.97 Å². The molecular weight excluding hydrogens is 401 g/mol. The van der Waals surface area contributed by atoms with Gasteiger partial charge in [0.1, 0.15) is 17.6 Å². The molecule has 0 aliphatic carbocycles. The number of carbonyl (C=O) groups is 1. The Morgan fingerprint density at radius 2 is 2.19 bits per heavy atom. The summed E-state index contributed by atoms with van der Waals surface area (Å²) in [5.74, 6) is -1.07. The van der Waals surface area contributed by atoms with Crippen LogP contribution in [0.15, 0.2) is 75.2 Å². The highest BCUT2D eigenvalue weighted by atomic mass is 79.9. The molecule has 26 heavy (non-hydrogen) atoms. The van der Waals surface area contributed by atoms with Crippen LogP contribution < -0.4 is 5.32 Å². The number of hydrogen-bond donors (Lipinski definition) is 1. The summed E-state index contributed by atoms with van der Waals surface area (Å²) in [5.41, 5.74) is 1.53. The fourth-order valence-corrected chi connectivity index (χ4v) is 3.04. The average Bonchev–Trinajstić information content (AvgIpc) is 2.59. The minimum Gasteiger partial charge on any atom is -0.463 e. The molecule has 2 rings (SSSR count). The average molecular weight is 420 g/mol. The van der Waals surface area contributed by atoms with Gasteiger partial charge in [0.15, 0.2) is 5.84 Å². The highest BCUT2D eigenvalue weighted by Crippen LogP contribution is 2.35. The van der Waals surface area contributed by atoms with Crippen molar-refractivity contribution >= 4 is 33.4 Å². The lowest BCUT2D eigenvalue weighted by molar-refractivity contribution is -0.138. The number of amidine groups is 1. The predicted octanol–water partition coefficient (Wildman–Crippen LogP) is 4.40. The van der Waals surface area contributed by atoms with Crippen molar-refractivity contribution in [2.45, 2.75) is 19.9 Å². The molecule has 0 saturated carbocycles. The number of ether oxygens (including phenoxy) is 1. The maximum atomic E-state index is 13.8. The van der Waals surface area contributed by atoms with Crippen molar-refractivity contribution in [1.29, 1.82) is 0 Å². The van der Waals surface area contributed by atoms with E-state index in [0.29, 0.717) is 11.3 Å². The Bertz CT molecular complexity index is 843. The minimum absolute atomic E-state index is 0.0701.